The van der Waals surface area contributed by atoms with Crippen LogP contribution in [0.25, 0.3) is 0 Å². The molecule has 0 fully saturated rings. The van der Waals surface area contributed by atoms with Crippen molar-refractivity contribution >= 4 is 74.3 Å². The van der Waals surface area contributed by atoms with Crippen molar-refractivity contribution in [3.8, 4) is 0 Å². The zero-order chi connectivity index (χ0) is 12.4. The van der Waals surface area contributed by atoms with Crippen LogP contribution in [-0.2, 0) is 4.79 Å². The van der Waals surface area contributed by atoms with E-state index in [0.29, 0.717) is 5.30 Å². The molecule has 8 heteroatoms. The molecule has 16 heavy (non-hydrogen) atoms. The van der Waals surface area contributed by atoms with Gasteiger partial charge in [0.05, 0.1) is 0 Å². The maximum atomic E-state index is 11.3. The first-order valence-electron chi connectivity index (χ1n) is 3.92. The Morgan fingerprint density at radius 1 is 1.12 bits per heavy atom. The number of nitrogens with zero attached hydrogens (tertiary/aromatic N) is 1. The first kappa shape index (κ1) is 14.6. The van der Waals surface area contributed by atoms with Gasteiger partial charge in [-0.1, -0.05) is 87.6 Å². The summed E-state index contributed by atoms with van der Waals surface area (Å²) in [5.74, 6) is -3.95. The van der Waals surface area contributed by atoms with Crippen LogP contribution in [-0.4, -0.2) is 9.70 Å². The number of carbonyl (C=O) groups is 1. The van der Waals surface area contributed by atoms with E-state index in [-0.39, 0.29) is 0 Å². The van der Waals surface area contributed by atoms with Crippen LogP contribution in [0.3, 0.4) is 0 Å². The first-order valence-corrected chi connectivity index (χ1v) is 8.60. The predicted octanol–water partition coefficient (Wildman–Crippen LogP) is 4.72. The van der Waals surface area contributed by atoms with E-state index in [2.05, 4.69) is 4.74 Å². The molecule has 0 atom stereocenters. The van der Waals surface area contributed by atoms with Crippen LogP contribution in [0.2, 0.25) is 0 Å². The van der Waals surface area contributed by atoms with Crippen molar-refractivity contribution < 1.29 is 4.79 Å². The lowest BCUT2D eigenvalue weighted by Crippen LogP contribution is -2.16. The third-order valence-corrected chi connectivity index (χ3v) is 4.99. The quantitative estimate of drug-likeness (QED) is 0.538. The topological polar surface area (TPSA) is 29.4 Å². The van der Waals surface area contributed by atoms with Gasteiger partial charge in [0.2, 0.25) is 0 Å². The van der Waals surface area contributed by atoms with Crippen molar-refractivity contribution in [1.29, 1.82) is 0 Å². The molecule has 2 nitrogen and oxygen atoms in total. The van der Waals surface area contributed by atoms with Crippen LogP contribution in [0.15, 0.2) is 35.1 Å². The zero-order valence-electron chi connectivity index (χ0n) is 7.58. The molecule has 0 aliphatic carbocycles. The fourth-order valence-corrected chi connectivity index (χ4v) is 3.25. The summed E-state index contributed by atoms with van der Waals surface area (Å²) in [6, 6.07) is 8.55. The van der Waals surface area contributed by atoms with Gasteiger partial charge in [-0.25, -0.2) is 0 Å². The van der Waals surface area contributed by atoms with E-state index in [9.17, 15) is 4.79 Å². The number of alkyl halides is 3. The van der Waals surface area contributed by atoms with Crippen molar-refractivity contribution in [2.75, 3.05) is 0 Å². The van der Waals surface area contributed by atoms with Gasteiger partial charge in [0.15, 0.2) is 5.76 Å². The summed E-state index contributed by atoms with van der Waals surface area (Å²) < 4.78 is 1.42. The van der Waals surface area contributed by atoms with Gasteiger partial charge in [0.1, 0.15) is 0 Å². The fourth-order valence-electron chi connectivity index (χ4n) is 0.836. The molecule has 0 radical (unpaired) electrons. The van der Waals surface area contributed by atoms with Crippen LogP contribution in [0.1, 0.15) is 0 Å². The highest BCUT2D eigenvalue weighted by atomic mass is 35.9. The lowest BCUT2D eigenvalue weighted by Gasteiger charge is -2.11. The maximum Gasteiger partial charge on any atom is 0.298 e. The molecule has 0 N–H and O–H groups in total. The second kappa shape index (κ2) is 5.48. The second-order valence-electron chi connectivity index (χ2n) is 2.72. The van der Waals surface area contributed by atoms with Crippen molar-refractivity contribution in [3.63, 3.8) is 0 Å². The molecule has 0 spiro atoms. The second-order valence-corrected chi connectivity index (χ2v) is 10.1. The van der Waals surface area contributed by atoms with E-state index in [1.54, 1.807) is 30.3 Å². The summed E-state index contributed by atoms with van der Waals surface area (Å²) in [7, 11) is 0. The van der Waals surface area contributed by atoms with E-state index in [0.717, 1.165) is 0 Å². The molecule has 0 unspecified atom stereocenters. The number of halogens is 5. The van der Waals surface area contributed by atoms with Crippen LogP contribution >= 0.6 is 63.0 Å². The minimum absolute atomic E-state index is 0.529. The number of rotatable bonds is 1. The molecule has 1 aromatic carbocycles. The highest BCUT2D eigenvalue weighted by Gasteiger charge is 2.32. The lowest BCUT2D eigenvalue weighted by molar-refractivity contribution is -0.116. The van der Waals surface area contributed by atoms with Gasteiger partial charge in [-0.05, 0) is 0 Å². The smallest absolute Gasteiger partial charge is 0.268 e. The summed E-state index contributed by atoms with van der Waals surface area (Å²) >= 11 is 28.0. The molecule has 0 saturated heterocycles. The number of carbonyl (C=O) groups excluding carboxylic acids is 1. The predicted molar refractivity (Wildman–Crippen MR) is 72.4 cm³/mol. The highest BCUT2D eigenvalue weighted by Crippen LogP contribution is 2.59. The van der Waals surface area contributed by atoms with Gasteiger partial charge < -0.3 is 0 Å². The molecule has 1 amide bonds. The Kier molecular flexibility index (Phi) is 5.01. The summed E-state index contributed by atoms with van der Waals surface area (Å²) in [6.45, 7) is 0. The van der Waals surface area contributed by atoms with Gasteiger partial charge in [-0.3, -0.25) is 4.79 Å². The van der Waals surface area contributed by atoms with Gasteiger partial charge in [-0.2, -0.15) is 4.74 Å². The highest BCUT2D eigenvalue weighted by molar-refractivity contribution is 8.15. The number of benzene rings is 1. The average Bonchev–Trinajstić information content (AvgIpc) is 2.17. The van der Waals surface area contributed by atoms with Crippen molar-refractivity contribution in [2.45, 2.75) is 3.79 Å². The van der Waals surface area contributed by atoms with Crippen LogP contribution in [0.5, 0.6) is 0 Å². The van der Waals surface area contributed by atoms with Gasteiger partial charge in [0, 0.05) is 5.30 Å². The van der Waals surface area contributed by atoms with Crippen molar-refractivity contribution in [2.24, 2.45) is 4.74 Å². The number of hydrogen-bond acceptors (Lipinski definition) is 1. The van der Waals surface area contributed by atoms with Gasteiger partial charge in [-0.15, -0.1) is 0 Å². The van der Waals surface area contributed by atoms with Crippen LogP contribution < -0.4 is 5.30 Å². The van der Waals surface area contributed by atoms with E-state index >= 15 is 0 Å². The Morgan fingerprint density at radius 3 is 2.06 bits per heavy atom. The number of hydrogen-bond donors (Lipinski definition) is 0. The minimum atomic E-state index is -2.98. The monoisotopic (exact) mass is 337 g/mol. The fraction of sp³-hybridized carbons (Fsp3) is 0.125. The van der Waals surface area contributed by atoms with E-state index < -0.39 is 15.5 Å². The zero-order valence-corrected chi connectivity index (χ0v) is 12.3. The normalized spacial score (nSPS) is 12.3. The molecular formula is C8H5Cl5NOP. The molecule has 0 bridgehead atoms. The van der Waals surface area contributed by atoms with Gasteiger partial charge in [0.25, 0.3) is 9.70 Å². The van der Waals surface area contributed by atoms with Crippen molar-refractivity contribution in [1.82, 2.24) is 0 Å². The van der Waals surface area contributed by atoms with E-state index in [1.807, 2.05) is 0 Å². The van der Waals surface area contributed by atoms with Crippen LogP contribution in [0, 0.1) is 0 Å². The molecule has 0 saturated carbocycles. The Morgan fingerprint density at radius 2 is 1.62 bits per heavy atom. The molecular weight excluding hydrogens is 334 g/mol. The Balaban J connectivity index is 3.13. The lowest BCUT2D eigenvalue weighted by atomic mass is 10.4. The van der Waals surface area contributed by atoms with Crippen molar-refractivity contribution in [3.05, 3.63) is 30.3 Å². The molecule has 0 aliphatic heterocycles. The maximum absolute atomic E-state index is 11.3. The SMILES string of the molecule is O=C(N=P(Cl)(Cl)c1ccccc1)C(Cl)(Cl)Cl. The summed E-state index contributed by atoms with van der Waals surface area (Å²) in [4.78, 5) is 11.3. The third kappa shape index (κ3) is 4.10. The van der Waals surface area contributed by atoms with Gasteiger partial charge >= 0.3 is 0 Å². The molecule has 1 rings (SSSR count). The Labute approximate surface area is 117 Å². The molecule has 1 aromatic rings. The molecule has 0 aliphatic rings. The first-order chi connectivity index (χ1) is 7.23. The molecule has 0 aromatic heterocycles. The third-order valence-electron chi connectivity index (χ3n) is 1.53. The van der Waals surface area contributed by atoms with Crippen LogP contribution in [0.4, 0.5) is 0 Å². The number of amides is 1. The average molecular weight is 339 g/mol. The standard InChI is InChI=1S/C8H5Cl5NOP/c9-8(10,11)7(15)14-16(12,13)6-4-2-1-3-5-6/h1-5H. The Hall–Kier alpha value is 0.570. The summed E-state index contributed by atoms with van der Waals surface area (Å²) in [6.07, 6.45) is 0. The summed E-state index contributed by atoms with van der Waals surface area (Å²) in [5, 5.41) is 0.529. The summed E-state index contributed by atoms with van der Waals surface area (Å²) in [5.41, 5.74) is 0. The van der Waals surface area contributed by atoms with E-state index in [1.165, 1.54) is 0 Å². The van der Waals surface area contributed by atoms with E-state index in [4.69, 9.17) is 57.3 Å². The largest absolute Gasteiger partial charge is 0.298 e. The molecule has 0 heterocycles. The minimum Gasteiger partial charge on any atom is -0.268 e. The molecule has 88 valence electrons. The Bertz CT molecular complexity index is 435.